The lowest BCUT2D eigenvalue weighted by Gasteiger charge is -2.03. The molecule has 3 N–H and O–H groups in total. The number of nitrogen functional groups attached to an aromatic ring is 1. The molecule has 25 heavy (non-hydrogen) atoms. The van der Waals surface area contributed by atoms with E-state index in [0.717, 1.165) is 0 Å². The van der Waals surface area contributed by atoms with Crippen molar-refractivity contribution in [3.05, 3.63) is 65.6 Å². The number of nitro benzene ring substituents is 2. The van der Waals surface area contributed by atoms with Gasteiger partial charge in [0.1, 0.15) is 0 Å². The third kappa shape index (κ3) is 6.47. The van der Waals surface area contributed by atoms with Gasteiger partial charge in [-0.05, 0) is 44.0 Å². The summed E-state index contributed by atoms with van der Waals surface area (Å²) in [6.07, 6.45) is 0. The number of nitrogens with two attached hydrogens (primary N) is 1. The fourth-order valence-electron chi connectivity index (χ4n) is 1.56. The average Bonchev–Trinajstić information content (AvgIpc) is 2.52. The number of carbonyl (C=O) groups excluding carboxylic acids is 1. The fraction of sp³-hybridized carbons (Fsp3) is 0.0714. The lowest BCUT2D eigenvalue weighted by atomic mass is 10.3. The molecule has 0 spiro atoms. The Kier molecular flexibility index (Phi) is 7.45. The van der Waals surface area contributed by atoms with Crippen molar-refractivity contribution in [3.63, 3.8) is 0 Å². The van der Waals surface area contributed by atoms with Crippen LogP contribution in [0.25, 0.3) is 0 Å². The summed E-state index contributed by atoms with van der Waals surface area (Å²) in [5.41, 5.74) is 6.12. The van der Waals surface area contributed by atoms with Crippen LogP contribution in [-0.2, 0) is 4.79 Å². The van der Waals surface area contributed by atoms with Crippen molar-refractivity contribution in [1.82, 2.24) is 0 Å². The van der Waals surface area contributed by atoms with Crippen LogP contribution in [0.15, 0.2) is 45.3 Å². The molecule has 0 aromatic heterocycles. The summed E-state index contributed by atoms with van der Waals surface area (Å²) in [4.78, 5) is 30.4. The molecule has 0 saturated heterocycles. The van der Waals surface area contributed by atoms with Gasteiger partial charge in [-0.1, -0.05) is 0 Å². The zero-order valence-corrected chi connectivity index (χ0v) is 15.9. The SMILES string of the molecule is CC(=O)Nc1cc([N+](=O)[O-])ccc1Br.Nc1cc([N+](=O)[O-])ccc1Br. The summed E-state index contributed by atoms with van der Waals surface area (Å²) in [5, 5.41) is 23.1. The maximum atomic E-state index is 10.7. The largest absolute Gasteiger partial charge is 0.398 e. The first kappa shape index (κ1) is 20.5. The molecule has 0 bridgehead atoms. The Balaban J connectivity index is 0.000000257. The fourth-order valence-corrected chi connectivity index (χ4v) is 2.15. The number of non-ortho nitro benzene ring substituents is 2. The lowest BCUT2D eigenvalue weighted by Crippen LogP contribution is -2.06. The first-order chi connectivity index (χ1) is 11.6. The summed E-state index contributed by atoms with van der Waals surface area (Å²) in [5.74, 6) is -0.272. The number of nitro groups is 2. The van der Waals surface area contributed by atoms with E-state index in [4.69, 9.17) is 5.73 Å². The summed E-state index contributed by atoms with van der Waals surface area (Å²) < 4.78 is 1.28. The molecule has 0 radical (unpaired) electrons. The van der Waals surface area contributed by atoms with Gasteiger partial charge in [0, 0.05) is 40.1 Å². The van der Waals surface area contributed by atoms with Crippen LogP contribution in [-0.4, -0.2) is 15.8 Å². The molecule has 11 heteroatoms. The van der Waals surface area contributed by atoms with Crippen molar-refractivity contribution < 1.29 is 14.6 Å². The van der Waals surface area contributed by atoms with Gasteiger partial charge in [0.2, 0.25) is 5.91 Å². The van der Waals surface area contributed by atoms with Gasteiger partial charge in [-0.3, -0.25) is 25.0 Å². The molecule has 0 aliphatic carbocycles. The van der Waals surface area contributed by atoms with Gasteiger partial charge in [0.05, 0.1) is 21.2 Å². The molecule has 0 unspecified atom stereocenters. The van der Waals surface area contributed by atoms with E-state index < -0.39 is 9.85 Å². The molecule has 2 aromatic rings. The van der Waals surface area contributed by atoms with Crippen molar-refractivity contribution in [2.24, 2.45) is 0 Å². The highest BCUT2D eigenvalue weighted by atomic mass is 79.9. The first-order valence-corrected chi connectivity index (χ1v) is 8.11. The van der Waals surface area contributed by atoms with Gasteiger partial charge in [0.15, 0.2) is 0 Å². The topological polar surface area (TPSA) is 141 Å². The van der Waals surface area contributed by atoms with Crippen molar-refractivity contribution in [1.29, 1.82) is 0 Å². The Bertz CT molecular complexity index is 829. The number of carbonyl (C=O) groups is 1. The highest BCUT2D eigenvalue weighted by Crippen LogP contribution is 2.27. The van der Waals surface area contributed by atoms with E-state index >= 15 is 0 Å². The van der Waals surface area contributed by atoms with Crippen LogP contribution in [0.5, 0.6) is 0 Å². The molecular formula is C14H12Br2N4O5. The molecule has 0 atom stereocenters. The number of nitrogens with zero attached hydrogens (tertiary/aromatic N) is 2. The zero-order chi connectivity index (χ0) is 19.1. The second-order valence-corrected chi connectivity index (χ2v) is 6.27. The van der Waals surface area contributed by atoms with Gasteiger partial charge in [-0.2, -0.15) is 0 Å². The summed E-state index contributed by atoms with van der Waals surface area (Å²) in [6.45, 7) is 1.34. The number of halogens is 2. The molecule has 0 heterocycles. The van der Waals surface area contributed by atoms with Crippen LogP contribution in [0.3, 0.4) is 0 Å². The van der Waals surface area contributed by atoms with Crippen molar-refractivity contribution >= 4 is 60.5 Å². The molecule has 0 fully saturated rings. The van der Waals surface area contributed by atoms with Crippen molar-refractivity contribution in [2.75, 3.05) is 11.1 Å². The maximum Gasteiger partial charge on any atom is 0.271 e. The predicted octanol–water partition coefficient (Wildman–Crippen LogP) is 4.26. The van der Waals surface area contributed by atoms with E-state index in [0.29, 0.717) is 20.3 Å². The average molecular weight is 476 g/mol. The molecule has 2 aromatic carbocycles. The Morgan fingerprint density at radius 3 is 1.92 bits per heavy atom. The monoisotopic (exact) mass is 474 g/mol. The standard InChI is InChI=1S/C8H7BrN2O3.C6H5BrN2O2/c1-5(12)10-8-4-6(11(13)14)2-3-7(8)9;7-5-2-1-4(9(10)11)3-6(5)8/h2-4H,1H3,(H,10,12);1-3H,8H2. The van der Waals surface area contributed by atoms with Crippen LogP contribution in [0, 0.1) is 20.2 Å². The van der Waals surface area contributed by atoms with Gasteiger partial charge in [-0.25, -0.2) is 0 Å². The number of hydrogen-bond acceptors (Lipinski definition) is 6. The van der Waals surface area contributed by atoms with Crippen LogP contribution < -0.4 is 11.1 Å². The minimum absolute atomic E-state index is 0.00528. The highest BCUT2D eigenvalue weighted by Gasteiger charge is 2.09. The van der Waals surface area contributed by atoms with Crippen molar-refractivity contribution in [3.8, 4) is 0 Å². The first-order valence-electron chi connectivity index (χ1n) is 6.52. The lowest BCUT2D eigenvalue weighted by molar-refractivity contribution is -0.385. The van der Waals surface area contributed by atoms with Gasteiger partial charge < -0.3 is 11.1 Å². The summed E-state index contributed by atoms with van der Waals surface area (Å²) in [6, 6.07) is 8.42. The van der Waals surface area contributed by atoms with E-state index in [9.17, 15) is 25.0 Å². The summed E-state index contributed by atoms with van der Waals surface area (Å²) >= 11 is 6.30. The Morgan fingerprint density at radius 2 is 1.48 bits per heavy atom. The third-order valence-corrected chi connectivity index (χ3v) is 4.08. The molecule has 0 aliphatic rings. The molecular weight excluding hydrogens is 464 g/mol. The Labute approximate surface area is 158 Å². The van der Waals surface area contributed by atoms with Gasteiger partial charge >= 0.3 is 0 Å². The smallest absolute Gasteiger partial charge is 0.271 e. The normalized spacial score (nSPS) is 9.56. The Hall–Kier alpha value is -2.53. The number of nitrogens with one attached hydrogen (secondary N) is 1. The third-order valence-electron chi connectivity index (χ3n) is 2.66. The molecule has 9 nitrogen and oxygen atoms in total. The number of benzene rings is 2. The molecule has 0 saturated carbocycles. The molecule has 132 valence electrons. The van der Waals surface area contributed by atoms with Crippen LogP contribution in [0.4, 0.5) is 22.7 Å². The van der Waals surface area contributed by atoms with E-state index in [1.165, 1.54) is 37.3 Å². The number of amides is 1. The van der Waals surface area contributed by atoms with Crippen LogP contribution in [0.1, 0.15) is 6.92 Å². The number of hydrogen-bond donors (Lipinski definition) is 2. The second kappa shape index (κ2) is 9.08. The van der Waals surface area contributed by atoms with E-state index in [2.05, 4.69) is 37.2 Å². The molecule has 2 rings (SSSR count). The summed E-state index contributed by atoms with van der Waals surface area (Å²) in [7, 11) is 0. The van der Waals surface area contributed by atoms with E-state index in [-0.39, 0.29) is 17.3 Å². The van der Waals surface area contributed by atoms with Gasteiger partial charge in [-0.15, -0.1) is 0 Å². The quantitative estimate of drug-likeness (QED) is 0.386. The number of anilines is 2. The van der Waals surface area contributed by atoms with Gasteiger partial charge in [0.25, 0.3) is 11.4 Å². The minimum atomic E-state index is -0.516. The zero-order valence-electron chi connectivity index (χ0n) is 12.7. The molecule has 1 amide bonds. The highest BCUT2D eigenvalue weighted by molar-refractivity contribution is 9.11. The van der Waals surface area contributed by atoms with Crippen LogP contribution in [0.2, 0.25) is 0 Å². The van der Waals surface area contributed by atoms with E-state index in [1.807, 2.05) is 0 Å². The maximum absolute atomic E-state index is 10.7. The molecule has 0 aliphatic heterocycles. The van der Waals surface area contributed by atoms with Crippen LogP contribution >= 0.6 is 31.9 Å². The predicted molar refractivity (Wildman–Crippen MR) is 100 cm³/mol. The second-order valence-electron chi connectivity index (χ2n) is 4.57. The van der Waals surface area contributed by atoms with Crippen molar-refractivity contribution in [2.45, 2.75) is 6.92 Å². The van der Waals surface area contributed by atoms with E-state index in [1.54, 1.807) is 6.07 Å². The Morgan fingerprint density at radius 1 is 1.00 bits per heavy atom. The minimum Gasteiger partial charge on any atom is -0.398 e. The number of rotatable bonds is 3.